The van der Waals surface area contributed by atoms with Gasteiger partial charge in [-0.05, 0) is 54.3 Å². The van der Waals surface area contributed by atoms with Crippen molar-refractivity contribution in [2.45, 2.75) is 26.7 Å². The van der Waals surface area contributed by atoms with Gasteiger partial charge in [-0.1, -0.05) is 56.3 Å². The Labute approximate surface area is 169 Å². The van der Waals surface area contributed by atoms with Crippen molar-refractivity contribution in [3.8, 4) is 5.75 Å². The Kier molecular flexibility index (Phi) is 5.09. The Morgan fingerprint density at radius 2 is 1.68 bits per heavy atom. The summed E-state index contributed by atoms with van der Waals surface area (Å²) in [5.41, 5.74) is 2.96. The lowest BCUT2D eigenvalue weighted by Crippen LogP contribution is -2.20. The Bertz CT molecular complexity index is 1130. The fraction of sp³-hybridized carbons (Fsp3) is 0.174. The maximum absolute atomic E-state index is 14.4. The van der Waals surface area contributed by atoms with Crippen molar-refractivity contribution in [2.24, 2.45) is 0 Å². The van der Waals surface area contributed by atoms with Crippen molar-refractivity contribution < 1.29 is 9.09 Å². The Morgan fingerprint density at radius 3 is 2.39 bits per heavy atom. The Morgan fingerprint density at radius 1 is 0.964 bits per heavy atom. The highest BCUT2D eigenvalue weighted by Crippen LogP contribution is 2.48. The highest BCUT2D eigenvalue weighted by Gasteiger charge is 2.35. The summed E-state index contributed by atoms with van der Waals surface area (Å²) in [6.07, 6.45) is 0. The molecule has 0 aliphatic heterocycles. The molecule has 0 amide bonds. The molecule has 1 atom stereocenters. The molecular formula is C23H22NO2PS. The van der Waals surface area contributed by atoms with Crippen LogP contribution in [0.1, 0.15) is 30.9 Å². The lowest BCUT2D eigenvalue weighted by atomic mass is 10.0. The molecule has 0 saturated carbocycles. The van der Waals surface area contributed by atoms with Gasteiger partial charge in [-0.15, -0.1) is 11.3 Å². The Balaban J connectivity index is 1.90. The van der Waals surface area contributed by atoms with Gasteiger partial charge in [-0.3, -0.25) is 4.57 Å². The Hall–Kier alpha value is -2.42. The van der Waals surface area contributed by atoms with Gasteiger partial charge in [0.2, 0.25) is 0 Å². The third-order valence-corrected chi connectivity index (χ3v) is 8.52. The number of thiazole rings is 1. The first kappa shape index (κ1) is 18.9. The summed E-state index contributed by atoms with van der Waals surface area (Å²) in [6, 6.07) is 23.3. The van der Waals surface area contributed by atoms with Crippen LogP contribution >= 0.6 is 18.7 Å². The van der Waals surface area contributed by atoms with Crippen LogP contribution in [0.2, 0.25) is 0 Å². The van der Waals surface area contributed by atoms with Gasteiger partial charge in [0.05, 0.1) is 15.5 Å². The fourth-order valence-electron chi connectivity index (χ4n) is 3.15. The molecule has 0 fully saturated rings. The van der Waals surface area contributed by atoms with E-state index in [1.165, 1.54) is 11.3 Å². The van der Waals surface area contributed by atoms with Crippen molar-refractivity contribution in [1.29, 1.82) is 0 Å². The zero-order chi connectivity index (χ0) is 19.7. The standard InChI is InChI=1S/C23H22NO2PS/c1-16(2)19-14-13-17(3)15-21(19)26-27(25,18-9-5-4-6-10-18)23-24-20-11-7-8-12-22(20)28-23/h4-16H,1-3H3/t27-/m1/s1. The average molecular weight is 407 g/mol. The van der Waals surface area contributed by atoms with E-state index in [-0.39, 0.29) is 5.92 Å². The number of fused-ring (bicyclic) bond motifs is 1. The second-order valence-electron chi connectivity index (χ2n) is 7.14. The van der Waals surface area contributed by atoms with Crippen LogP contribution in [0.15, 0.2) is 72.8 Å². The predicted molar refractivity (Wildman–Crippen MR) is 119 cm³/mol. The molecule has 0 bridgehead atoms. The van der Waals surface area contributed by atoms with E-state index >= 15 is 0 Å². The number of nitrogens with zero attached hydrogens (tertiary/aromatic N) is 1. The summed E-state index contributed by atoms with van der Waals surface area (Å²) in [5, 5.41) is 0.658. The summed E-state index contributed by atoms with van der Waals surface area (Å²) in [5.74, 6) is 0.927. The first-order valence-electron chi connectivity index (χ1n) is 9.29. The molecule has 1 aromatic heterocycles. The van der Waals surface area contributed by atoms with Crippen LogP contribution in [-0.2, 0) is 4.57 Å². The number of hydrogen-bond acceptors (Lipinski definition) is 4. The minimum absolute atomic E-state index is 0.259. The highest BCUT2D eigenvalue weighted by molar-refractivity contribution is 7.79. The van der Waals surface area contributed by atoms with Crippen molar-refractivity contribution in [1.82, 2.24) is 4.98 Å². The highest BCUT2D eigenvalue weighted by atomic mass is 32.1. The van der Waals surface area contributed by atoms with Gasteiger partial charge >= 0.3 is 7.37 Å². The number of rotatable bonds is 5. The third-order valence-electron chi connectivity index (χ3n) is 4.65. The van der Waals surface area contributed by atoms with Crippen molar-refractivity contribution in [2.75, 3.05) is 0 Å². The van der Waals surface area contributed by atoms with E-state index < -0.39 is 7.37 Å². The topological polar surface area (TPSA) is 39.2 Å². The van der Waals surface area contributed by atoms with Crippen LogP contribution in [-0.4, -0.2) is 4.98 Å². The molecule has 0 aliphatic carbocycles. The van der Waals surface area contributed by atoms with Crippen LogP contribution in [0.5, 0.6) is 5.75 Å². The summed E-state index contributed by atoms with van der Waals surface area (Å²) in [6.45, 7) is 6.24. The van der Waals surface area contributed by atoms with Crippen LogP contribution in [0.4, 0.5) is 0 Å². The van der Waals surface area contributed by atoms with Gasteiger partial charge in [0.15, 0.2) is 4.75 Å². The van der Waals surface area contributed by atoms with E-state index in [0.29, 0.717) is 15.8 Å². The largest absolute Gasteiger partial charge is 0.435 e. The number of para-hydroxylation sites is 1. The first-order chi connectivity index (χ1) is 13.5. The summed E-state index contributed by atoms with van der Waals surface area (Å²) >= 11 is 1.44. The molecule has 3 aromatic carbocycles. The molecule has 0 saturated heterocycles. The molecule has 1 heterocycles. The monoisotopic (exact) mass is 407 g/mol. The number of benzene rings is 3. The van der Waals surface area contributed by atoms with E-state index in [1.807, 2.05) is 67.6 Å². The molecule has 28 heavy (non-hydrogen) atoms. The minimum atomic E-state index is -3.40. The molecule has 5 heteroatoms. The average Bonchev–Trinajstić information content (AvgIpc) is 3.13. The smallest absolute Gasteiger partial charge is 0.334 e. The van der Waals surface area contributed by atoms with E-state index in [4.69, 9.17) is 4.52 Å². The van der Waals surface area contributed by atoms with Crippen LogP contribution < -0.4 is 14.6 Å². The van der Waals surface area contributed by atoms with E-state index in [9.17, 15) is 4.57 Å². The van der Waals surface area contributed by atoms with Gasteiger partial charge in [-0.2, -0.15) is 0 Å². The number of hydrogen-bond donors (Lipinski definition) is 0. The van der Waals surface area contributed by atoms with Crippen LogP contribution in [0.3, 0.4) is 0 Å². The summed E-state index contributed by atoms with van der Waals surface area (Å²) in [7, 11) is -3.40. The van der Waals surface area contributed by atoms with E-state index in [1.54, 1.807) is 0 Å². The summed E-state index contributed by atoms with van der Waals surface area (Å²) < 4.78 is 22.3. The molecule has 0 unspecified atom stereocenters. The lowest BCUT2D eigenvalue weighted by Gasteiger charge is -2.21. The molecule has 4 rings (SSSR count). The molecular weight excluding hydrogens is 385 g/mol. The lowest BCUT2D eigenvalue weighted by molar-refractivity contribution is 0.497. The predicted octanol–water partition coefficient (Wildman–Crippen LogP) is 6.04. The SMILES string of the molecule is Cc1ccc(C(C)C)c(O[P@](=O)(c2ccccc2)c2nc3ccccc3s2)c1. The quantitative estimate of drug-likeness (QED) is 0.379. The molecule has 4 aromatic rings. The second kappa shape index (κ2) is 7.54. The normalized spacial score (nSPS) is 13.6. The van der Waals surface area contributed by atoms with E-state index in [2.05, 4.69) is 31.0 Å². The first-order valence-corrected chi connectivity index (χ1v) is 11.7. The van der Waals surface area contributed by atoms with E-state index in [0.717, 1.165) is 21.3 Å². The van der Waals surface area contributed by atoms with Gasteiger partial charge in [0, 0.05) is 0 Å². The minimum Gasteiger partial charge on any atom is -0.435 e. The number of aromatic nitrogens is 1. The molecule has 3 nitrogen and oxygen atoms in total. The van der Waals surface area contributed by atoms with Crippen molar-refractivity contribution in [3.05, 3.63) is 83.9 Å². The van der Waals surface area contributed by atoms with Gasteiger partial charge in [0.25, 0.3) is 0 Å². The van der Waals surface area contributed by atoms with Crippen molar-refractivity contribution in [3.63, 3.8) is 0 Å². The second-order valence-corrected chi connectivity index (χ2v) is 10.7. The van der Waals surface area contributed by atoms with Crippen molar-refractivity contribution >= 4 is 39.0 Å². The van der Waals surface area contributed by atoms with Gasteiger partial charge in [-0.25, -0.2) is 4.98 Å². The zero-order valence-corrected chi connectivity index (χ0v) is 17.8. The third kappa shape index (κ3) is 3.50. The fourth-order valence-corrected chi connectivity index (χ4v) is 6.70. The maximum Gasteiger partial charge on any atom is 0.334 e. The molecule has 0 radical (unpaired) electrons. The molecule has 0 N–H and O–H groups in total. The zero-order valence-electron chi connectivity index (χ0n) is 16.1. The maximum atomic E-state index is 14.4. The number of aryl methyl sites for hydroxylation is 1. The van der Waals surface area contributed by atoms with Crippen LogP contribution in [0.25, 0.3) is 10.2 Å². The summed E-state index contributed by atoms with van der Waals surface area (Å²) in [4.78, 5) is 4.68. The van der Waals surface area contributed by atoms with Gasteiger partial charge < -0.3 is 4.52 Å². The van der Waals surface area contributed by atoms with Crippen LogP contribution in [0, 0.1) is 6.92 Å². The molecule has 142 valence electrons. The van der Waals surface area contributed by atoms with Gasteiger partial charge in [0.1, 0.15) is 5.75 Å². The molecule has 0 aliphatic rings. The molecule has 0 spiro atoms.